The molecule has 4 aromatic rings. The fourth-order valence-corrected chi connectivity index (χ4v) is 4.79. The summed E-state index contributed by atoms with van der Waals surface area (Å²) in [6.07, 6.45) is 1.78. The minimum absolute atomic E-state index is 0.0423. The molecule has 9 heteroatoms. The number of halogens is 1. The van der Waals surface area contributed by atoms with Gasteiger partial charge in [0.15, 0.2) is 11.0 Å². The molecule has 2 aromatic heterocycles. The maximum absolute atomic E-state index is 14.5. The standard InChI is InChI=1S/C25H23FN6OS/c26-21-11-5-4-10-20(21)24-28-29-25(32(24)19-8-2-1-3-9-19)34-18-23(33)31-16-14-30(15-17-31)22-12-6-7-13-27-22/h1-13H,14-18H2. The number of rotatable bonds is 6. The van der Waals surface area contributed by atoms with Crippen molar-refractivity contribution in [2.75, 3.05) is 36.8 Å². The van der Waals surface area contributed by atoms with E-state index in [1.807, 2.05) is 53.4 Å². The summed E-state index contributed by atoms with van der Waals surface area (Å²) >= 11 is 1.31. The summed E-state index contributed by atoms with van der Waals surface area (Å²) in [7, 11) is 0. The Morgan fingerprint density at radius 2 is 1.62 bits per heavy atom. The summed E-state index contributed by atoms with van der Waals surface area (Å²) in [4.78, 5) is 21.4. The first-order valence-corrected chi connectivity index (χ1v) is 12.0. The van der Waals surface area contributed by atoms with Crippen molar-refractivity contribution in [3.8, 4) is 17.1 Å². The van der Waals surface area contributed by atoms with Crippen LogP contribution in [0.15, 0.2) is 84.1 Å². The van der Waals surface area contributed by atoms with Crippen LogP contribution in [0.1, 0.15) is 0 Å². The van der Waals surface area contributed by atoms with Gasteiger partial charge in [0.2, 0.25) is 5.91 Å². The Bertz CT molecular complexity index is 1260. The molecule has 1 amide bonds. The van der Waals surface area contributed by atoms with E-state index in [9.17, 15) is 9.18 Å². The lowest BCUT2D eigenvalue weighted by molar-refractivity contribution is -0.128. The lowest BCUT2D eigenvalue weighted by Crippen LogP contribution is -2.49. The topological polar surface area (TPSA) is 67.2 Å². The zero-order valence-corrected chi connectivity index (χ0v) is 19.2. The molecule has 1 saturated heterocycles. The van der Waals surface area contributed by atoms with Crippen molar-refractivity contribution < 1.29 is 9.18 Å². The van der Waals surface area contributed by atoms with Crippen LogP contribution in [-0.4, -0.2) is 62.5 Å². The molecule has 34 heavy (non-hydrogen) atoms. The van der Waals surface area contributed by atoms with Gasteiger partial charge in [0.1, 0.15) is 11.6 Å². The van der Waals surface area contributed by atoms with E-state index in [2.05, 4.69) is 20.1 Å². The SMILES string of the molecule is O=C(CSc1nnc(-c2ccccc2F)n1-c1ccccc1)N1CCN(c2ccccn2)CC1. The van der Waals surface area contributed by atoms with Gasteiger partial charge < -0.3 is 9.80 Å². The number of amides is 1. The Balaban J connectivity index is 1.30. The van der Waals surface area contributed by atoms with Crippen LogP contribution in [0.3, 0.4) is 0 Å². The molecule has 0 spiro atoms. The van der Waals surface area contributed by atoms with Crippen LogP contribution in [0.5, 0.6) is 0 Å². The second kappa shape index (κ2) is 10.0. The summed E-state index contributed by atoms with van der Waals surface area (Å²) in [6.45, 7) is 2.76. The third-order valence-electron chi connectivity index (χ3n) is 5.69. The van der Waals surface area contributed by atoms with Crippen molar-refractivity contribution in [1.29, 1.82) is 0 Å². The van der Waals surface area contributed by atoms with Gasteiger partial charge in [-0.15, -0.1) is 10.2 Å². The Hall–Kier alpha value is -3.72. The van der Waals surface area contributed by atoms with Gasteiger partial charge in [-0.3, -0.25) is 9.36 Å². The fraction of sp³-hybridized carbons (Fsp3) is 0.200. The van der Waals surface area contributed by atoms with Gasteiger partial charge in [-0.2, -0.15) is 0 Å². The summed E-state index contributed by atoms with van der Waals surface area (Å²) in [5, 5.41) is 9.12. The van der Waals surface area contributed by atoms with Gasteiger partial charge in [-0.25, -0.2) is 9.37 Å². The lowest BCUT2D eigenvalue weighted by atomic mass is 10.2. The highest BCUT2D eigenvalue weighted by Crippen LogP contribution is 2.29. The monoisotopic (exact) mass is 474 g/mol. The van der Waals surface area contributed by atoms with E-state index in [0.29, 0.717) is 29.6 Å². The second-order valence-corrected chi connectivity index (χ2v) is 8.74. The molecule has 0 atom stereocenters. The summed E-state index contributed by atoms with van der Waals surface area (Å²) in [5.74, 6) is 1.24. The first-order valence-electron chi connectivity index (χ1n) is 11.0. The number of thioether (sulfide) groups is 1. The Morgan fingerprint density at radius 1 is 0.882 bits per heavy atom. The third kappa shape index (κ3) is 4.65. The van der Waals surface area contributed by atoms with Crippen LogP contribution in [-0.2, 0) is 4.79 Å². The maximum Gasteiger partial charge on any atom is 0.233 e. The number of anilines is 1. The molecule has 172 valence electrons. The first kappa shape index (κ1) is 22.1. The minimum Gasteiger partial charge on any atom is -0.353 e. The highest BCUT2D eigenvalue weighted by molar-refractivity contribution is 7.99. The van der Waals surface area contributed by atoms with E-state index >= 15 is 0 Å². The van der Waals surface area contributed by atoms with E-state index in [4.69, 9.17) is 0 Å². The van der Waals surface area contributed by atoms with Crippen molar-refractivity contribution in [1.82, 2.24) is 24.6 Å². The second-order valence-electron chi connectivity index (χ2n) is 7.80. The molecular formula is C25H23FN6OS. The van der Waals surface area contributed by atoms with Crippen LogP contribution in [0.4, 0.5) is 10.2 Å². The molecule has 0 radical (unpaired) electrons. The summed E-state index contributed by atoms with van der Waals surface area (Å²) < 4.78 is 16.3. The zero-order valence-electron chi connectivity index (χ0n) is 18.4. The Labute approximate surface area is 201 Å². The number of hydrogen-bond acceptors (Lipinski definition) is 6. The van der Waals surface area contributed by atoms with E-state index in [0.717, 1.165) is 24.6 Å². The molecule has 0 N–H and O–H groups in total. The molecule has 1 aliphatic rings. The van der Waals surface area contributed by atoms with E-state index in [1.165, 1.54) is 17.8 Å². The summed E-state index contributed by atoms with van der Waals surface area (Å²) in [5.41, 5.74) is 1.17. The maximum atomic E-state index is 14.5. The first-order chi connectivity index (χ1) is 16.7. The molecule has 0 unspecified atom stereocenters. The number of aromatic nitrogens is 4. The highest BCUT2D eigenvalue weighted by atomic mass is 32.2. The average molecular weight is 475 g/mol. The number of piperazine rings is 1. The quantitative estimate of drug-likeness (QED) is 0.395. The number of nitrogens with zero attached hydrogens (tertiary/aromatic N) is 6. The van der Waals surface area contributed by atoms with Gasteiger partial charge in [0, 0.05) is 38.1 Å². The van der Waals surface area contributed by atoms with Crippen LogP contribution in [0.2, 0.25) is 0 Å². The van der Waals surface area contributed by atoms with E-state index in [-0.39, 0.29) is 17.5 Å². The zero-order chi connectivity index (χ0) is 23.3. The average Bonchev–Trinajstić information content (AvgIpc) is 3.32. The van der Waals surface area contributed by atoms with Gasteiger partial charge in [0.05, 0.1) is 11.3 Å². The van der Waals surface area contributed by atoms with Crippen LogP contribution >= 0.6 is 11.8 Å². The van der Waals surface area contributed by atoms with Gasteiger partial charge in [-0.1, -0.05) is 48.2 Å². The van der Waals surface area contributed by atoms with Crippen LogP contribution in [0, 0.1) is 5.82 Å². The molecule has 5 rings (SSSR count). The fourth-order valence-electron chi connectivity index (χ4n) is 3.93. The molecular weight excluding hydrogens is 451 g/mol. The van der Waals surface area contributed by atoms with Crippen molar-refractivity contribution in [3.63, 3.8) is 0 Å². The molecule has 7 nitrogen and oxygen atoms in total. The molecule has 2 aromatic carbocycles. The molecule has 1 fully saturated rings. The van der Waals surface area contributed by atoms with Crippen molar-refractivity contribution in [3.05, 3.63) is 84.8 Å². The Kier molecular flexibility index (Phi) is 6.53. The van der Waals surface area contributed by atoms with Crippen molar-refractivity contribution in [2.45, 2.75) is 5.16 Å². The van der Waals surface area contributed by atoms with Crippen molar-refractivity contribution >= 4 is 23.5 Å². The van der Waals surface area contributed by atoms with Gasteiger partial charge in [-0.05, 0) is 36.4 Å². The smallest absolute Gasteiger partial charge is 0.233 e. The van der Waals surface area contributed by atoms with E-state index in [1.54, 1.807) is 29.0 Å². The number of carbonyl (C=O) groups is 1. The van der Waals surface area contributed by atoms with E-state index < -0.39 is 0 Å². The predicted molar refractivity (Wildman–Crippen MR) is 131 cm³/mol. The molecule has 1 aliphatic heterocycles. The number of hydrogen-bond donors (Lipinski definition) is 0. The number of carbonyl (C=O) groups excluding carboxylic acids is 1. The minimum atomic E-state index is -0.370. The summed E-state index contributed by atoms with van der Waals surface area (Å²) in [6, 6.07) is 21.9. The Morgan fingerprint density at radius 3 is 2.35 bits per heavy atom. The highest BCUT2D eigenvalue weighted by Gasteiger charge is 2.24. The third-order valence-corrected chi connectivity index (χ3v) is 6.61. The predicted octanol–water partition coefficient (Wildman–Crippen LogP) is 3.91. The molecule has 3 heterocycles. The molecule has 0 aliphatic carbocycles. The van der Waals surface area contributed by atoms with Gasteiger partial charge >= 0.3 is 0 Å². The van der Waals surface area contributed by atoms with Crippen molar-refractivity contribution in [2.24, 2.45) is 0 Å². The lowest BCUT2D eigenvalue weighted by Gasteiger charge is -2.35. The molecule has 0 saturated carbocycles. The number of para-hydroxylation sites is 1. The van der Waals surface area contributed by atoms with Crippen LogP contribution < -0.4 is 4.90 Å². The number of pyridine rings is 1. The van der Waals surface area contributed by atoms with Gasteiger partial charge in [0.25, 0.3) is 0 Å². The normalized spacial score (nSPS) is 13.8. The number of benzene rings is 2. The molecule has 0 bridgehead atoms. The van der Waals surface area contributed by atoms with Crippen LogP contribution in [0.25, 0.3) is 17.1 Å². The largest absolute Gasteiger partial charge is 0.353 e.